The summed E-state index contributed by atoms with van der Waals surface area (Å²) in [6.07, 6.45) is -0.704. The lowest BCUT2D eigenvalue weighted by molar-refractivity contribution is -0.145. The van der Waals surface area contributed by atoms with Crippen LogP contribution in [0.2, 0.25) is 0 Å². The van der Waals surface area contributed by atoms with Gasteiger partial charge in [-0.15, -0.1) is 0 Å². The van der Waals surface area contributed by atoms with E-state index in [-0.39, 0.29) is 12.2 Å². The largest absolute Gasteiger partial charge is 0.508 e. The highest BCUT2D eigenvalue weighted by atomic mass is 16.6. The minimum absolute atomic E-state index is 0.113. The molecule has 0 radical (unpaired) electrons. The van der Waals surface area contributed by atoms with E-state index in [0.717, 1.165) is 12.7 Å². The van der Waals surface area contributed by atoms with Crippen molar-refractivity contribution in [1.82, 2.24) is 0 Å². The van der Waals surface area contributed by atoms with Gasteiger partial charge >= 0.3 is 11.9 Å². The lowest BCUT2D eigenvalue weighted by Crippen LogP contribution is -2.14. The molecule has 1 aliphatic rings. The van der Waals surface area contributed by atoms with Gasteiger partial charge in [0.1, 0.15) is 5.75 Å². The highest BCUT2D eigenvalue weighted by Crippen LogP contribution is 2.25. The van der Waals surface area contributed by atoms with Crippen molar-refractivity contribution in [2.75, 3.05) is 7.11 Å². The predicted octanol–water partition coefficient (Wildman–Crippen LogP) is 0.845. The zero-order valence-electron chi connectivity index (χ0n) is 10.1. The molecule has 1 aliphatic heterocycles. The molecule has 0 amide bonds. The van der Waals surface area contributed by atoms with Crippen LogP contribution in [0.15, 0.2) is 35.6 Å². The zero-order valence-corrected chi connectivity index (χ0v) is 10.1. The third-order valence-corrected chi connectivity index (χ3v) is 2.76. The number of aliphatic hydroxyl groups excluding tert-OH is 1. The number of phenolic OH excluding ortho intramolecular Hbond substituents is 1. The van der Waals surface area contributed by atoms with Gasteiger partial charge in [-0.05, 0) is 17.7 Å². The van der Waals surface area contributed by atoms with Crippen LogP contribution in [0.1, 0.15) is 5.56 Å². The molecule has 0 bridgehead atoms. The number of carbonyl (C=O) groups is 2. The fourth-order valence-corrected chi connectivity index (χ4v) is 1.78. The van der Waals surface area contributed by atoms with Gasteiger partial charge in [0.2, 0.25) is 0 Å². The van der Waals surface area contributed by atoms with E-state index in [2.05, 4.69) is 4.74 Å². The number of methoxy groups -OCH3 is 1. The molecule has 0 aromatic heterocycles. The maximum absolute atomic E-state index is 11.5. The Morgan fingerprint density at radius 3 is 2.53 bits per heavy atom. The average Bonchev–Trinajstić information content (AvgIpc) is 2.66. The van der Waals surface area contributed by atoms with Crippen LogP contribution in [0.4, 0.5) is 0 Å². The fourth-order valence-electron chi connectivity index (χ4n) is 1.78. The number of hydrogen-bond donors (Lipinski definition) is 2. The van der Waals surface area contributed by atoms with Gasteiger partial charge in [-0.3, -0.25) is 0 Å². The molecule has 2 rings (SSSR count). The molecule has 100 valence electrons. The smallest absolute Gasteiger partial charge is 0.349 e. The van der Waals surface area contributed by atoms with E-state index in [1.54, 1.807) is 12.1 Å². The van der Waals surface area contributed by atoms with Crippen molar-refractivity contribution in [2.24, 2.45) is 0 Å². The topological polar surface area (TPSA) is 93.1 Å². The lowest BCUT2D eigenvalue weighted by atomic mass is 10.1. The predicted molar refractivity (Wildman–Crippen MR) is 63.4 cm³/mol. The molecule has 0 saturated carbocycles. The first kappa shape index (κ1) is 12.9. The van der Waals surface area contributed by atoms with E-state index in [4.69, 9.17) is 9.84 Å². The van der Waals surface area contributed by atoms with Gasteiger partial charge in [-0.25, -0.2) is 9.59 Å². The third-order valence-electron chi connectivity index (χ3n) is 2.76. The van der Waals surface area contributed by atoms with Crippen LogP contribution < -0.4 is 0 Å². The summed E-state index contributed by atoms with van der Waals surface area (Å²) < 4.78 is 9.32. The number of esters is 2. The Bertz CT molecular complexity index is 543. The van der Waals surface area contributed by atoms with Crippen molar-refractivity contribution in [2.45, 2.75) is 12.5 Å². The number of aliphatic hydroxyl groups is 1. The molecule has 6 nitrogen and oxygen atoms in total. The second-order valence-electron chi connectivity index (χ2n) is 4.02. The first-order chi connectivity index (χ1) is 9.02. The summed E-state index contributed by atoms with van der Waals surface area (Å²) in [5.74, 6) is -2.13. The molecule has 1 aromatic rings. The van der Waals surface area contributed by atoms with Crippen molar-refractivity contribution in [3.8, 4) is 5.75 Å². The number of carbonyl (C=O) groups excluding carboxylic acids is 2. The monoisotopic (exact) mass is 264 g/mol. The highest BCUT2D eigenvalue weighted by molar-refractivity contribution is 6.15. The average molecular weight is 264 g/mol. The number of benzene rings is 1. The van der Waals surface area contributed by atoms with E-state index in [0.29, 0.717) is 0 Å². The van der Waals surface area contributed by atoms with Gasteiger partial charge in [-0.1, -0.05) is 12.1 Å². The maximum atomic E-state index is 11.5. The summed E-state index contributed by atoms with van der Waals surface area (Å²) in [5, 5.41) is 19.0. The Labute approximate surface area is 108 Å². The molecular weight excluding hydrogens is 252 g/mol. The second-order valence-corrected chi connectivity index (χ2v) is 4.02. The van der Waals surface area contributed by atoms with Crippen molar-refractivity contribution in [3.63, 3.8) is 0 Å². The van der Waals surface area contributed by atoms with Crippen LogP contribution in [0, 0.1) is 0 Å². The Balaban J connectivity index is 2.19. The molecule has 2 N–H and O–H groups in total. The normalized spacial score (nSPS) is 18.4. The highest BCUT2D eigenvalue weighted by Gasteiger charge is 2.39. The van der Waals surface area contributed by atoms with Crippen LogP contribution in [0.3, 0.4) is 0 Å². The molecule has 1 heterocycles. The summed E-state index contributed by atoms with van der Waals surface area (Å²) >= 11 is 0. The summed E-state index contributed by atoms with van der Waals surface area (Å²) in [4.78, 5) is 22.8. The van der Waals surface area contributed by atoms with Crippen LogP contribution in [-0.4, -0.2) is 35.4 Å². The Kier molecular flexibility index (Phi) is 3.41. The van der Waals surface area contributed by atoms with E-state index < -0.39 is 29.4 Å². The SMILES string of the molecule is COC(=O)C1=C(O)C(Cc2ccc(O)cc2)OC1=O. The minimum Gasteiger partial charge on any atom is -0.508 e. The number of rotatable bonds is 3. The quantitative estimate of drug-likeness (QED) is 0.621. The number of hydrogen-bond acceptors (Lipinski definition) is 6. The number of phenols is 1. The summed E-state index contributed by atoms with van der Waals surface area (Å²) in [5.41, 5.74) is 0.277. The van der Waals surface area contributed by atoms with Crippen LogP contribution in [0.5, 0.6) is 5.75 Å². The molecule has 1 atom stereocenters. The second kappa shape index (κ2) is 5.01. The minimum atomic E-state index is -0.921. The van der Waals surface area contributed by atoms with Gasteiger partial charge in [0, 0.05) is 6.42 Å². The summed E-state index contributed by atoms with van der Waals surface area (Å²) in [6.45, 7) is 0. The van der Waals surface area contributed by atoms with Gasteiger partial charge in [-0.2, -0.15) is 0 Å². The Morgan fingerprint density at radius 2 is 1.95 bits per heavy atom. The van der Waals surface area contributed by atoms with Crippen molar-refractivity contribution < 1.29 is 29.3 Å². The number of cyclic esters (lactones) is 1. The molecule has 1 aromatic carbocycles. The number of ether oxygens (including phenoxy) is 2. The molecule has 0 saturated heterocycles. The van der Waals surface area contributed by atoms with Crippen LogP contribution in [0.25, 0.3) is 0 Å². The zero-order chi connectivity index (χ0) is 14.0. The van der Waals surface area contributed by atoms with Gasteiger partial charge < -0.3 is 19.7 Å². The standard InChI is InChI=1S/C13H12O6/c1-18-12(16)10-11(15)9(19-13(10)17)6-7-2-4-8(14)5-3-7/h2-5,9,14-15H,6H2,1H3. The van der Waals surface area contributed by atoms with E-state index in [1.165, 1.54) is 12.1 Å². The molecule has 0 fully saturated rings. The first-order valence-corrected chi connectivity index (χ1v) is 5.53. The molecule has 6 heteroatoms. The molecule has 1 unspecified atom stereocenters. The van der Waals surface area contributed by atoms with Gasteiger partial charge in [0.15, 0.2) is 17.4 Å². The van der Waals surface area contributed by atoms with Crippen LogP contribution in [-0.2, 0) is 25.5 Å². The van der Waals surface area contributed by atoms with Crippen molar-refractivity contribution in [1.29, 1.82) is 0 Å². The Morgan fingerprint density at radius 1 is 1.32 bits per heavy atom. The van der Waals surface area contributed by atoms with E-state index in [9.17, 15) is 14.7 Å². The Hall–Kier alpha value is -2.50. The maximum Gasteiger partial charge on any atom is 0.349 e. The molecule has 0 spiro atoms. The number of aromatic hydroxyl groups is 1. The van der Waals surface area contributed by atoms with Crippen molar-refractivity contribution in [3.05, 3.63) is 41.2 Å². The van der Waals surface area contributed by atoms with Gasteiger partial charge in [0.05, 0.1) is 7.11 Å². The van der Waals surface area contributed by atoms with Gasteiger partial charge in [0.25, 0.3) is 0 Å². The molecule has 0 aliphatic carbocycles. The van der Waals surface area contributed by atoms with Crippen LogP contribution >= 0.6 is 0 Å². The third kappa shape index (κ3) is 2.52. The van der Waals surface area contributed by atoms with Crippen molar-refractivity contribution >= 4 is 11.9 Å². The van der Waals surface area contributed by atoms with E-state index in [1.807, 2.05) is 0 Å². The molecule has 19 heavy (non-hydrogen) atoms. The fraction of sp³-hybridized carbons (Fsp3) is 0.231. The lowest BCUT2D eigenvalue weighted by Gasteiger charge is -2.10. The van der Waals surface area contributed by atoms with E-state index >= 15 is 0 Å². The summed E-state index contributed by atoms with van der Waals surface area (Å²) in [6, 6.07) is 6.22. The summed E-state index contributed by atoms with van der Waals surface area (Å²) in [7, 11) is 1.11. The molecular formula is C13H12O6. The first-order valence-electron chi connectivity index (χ1n) is 5.53.